The van der Waals surface area contributed by atoms with Gasteiger partial charge >= 0.3 is 6.03 Å². The average Bonchev–Trinajstić information content (AvgIpc) is 2.40. The number of carbonyl (C=O) groups is 1. The van der Waals surface area contributed by atoms with Crippen LogP contribution < -0.4 is 15.2 Å². The number of nitrogens with one attached hydrogen (secondary N) is 1. The van der Waals surface area contributed by atoms with Crippen molar-refractivity contribution in [1.29, 1.82) is 0 Å². The monoisotopic (exact) mass is 274 g/mol. The molecule has 0 saturated carbocycles. The molecule has 0 bridgehead atoms. The van der Waals surface area contributed by atoms with Crippen molar-refractivity contribution in [2.45, 2.75) is 11.8 Å². The molecule has 98 valence electrons. The Balaban J connectivity index is 2.03. The molecule has 3 N–H and O–H groups in total. The number of ether oxygens (including phenoxy) is 1. The first-order valence-corrected chi connectivity index (χ1v) is 6.52. The molecule has 2 rings (SSSR count). The molecule has 2 aromatic carbocycles. The van der Waals surface area contributed by atoms with Crippen LogP contribution in [0.5, 0.6) is 11.5 Å². The minimum Gasteiger partial charge on any atom is -0.457 e. The molecule has 0 aliphatic heterocycles. The molecule has 0 spiro atoms. The Bertz CT molecular complexity index is 570. The second-order valence-corrected chi connectivity index (χ2v) is 4.79. The molecule has 2 aromatic rings. The fourth-order valence-electron chi connectivity index (χ4n) is 1.48. The van der Waals surface area contributed by atoms with Crippen LogP contribution in [0.1, 0.15) is 5.56 Å². The van der Waals surface area contributed by atoms with Gasteiger partial charge in [0.2, 0.25) is 0 Å². The second kappa shape index (κ2) is 6.15. The molecule has 0 aromatic heterocycles. The number of carbonyl (C=O) groups excluding carboxylic acids is 1. The molecule has 0 aliphatic carbocycles. The zero-order chi connectivity index (χ0) is 13.7. The third kappa shape index (κ3) is 3.93. The van der Waals surface area contributed by atoms with Gasteiger partial charge in [-0.1, -0.05) is 18.2 Å². The largest absolute Gasteiger partial charge is 0.457 e. The van der Waals surface area contributed by atoms with Crippen LogP contribution in [0.25, 0.3) is 0 Å². The first kappa shape index (κ1) is 13.3. The number of rotatable bonds is 4. The highest BCUT2D eigenvalue weighted by molar-refractivity contribution is 7.98. The molecule has 19 heavy (non-hydrogen) atoms. The summed E-state index contributed by atoms with van der Waals surface area (Å²) in [5, 5.41) is 0. The van der Waals surface area contributed by atoms with Gasteiger partial charge in [-0.15, -0.1) is 0 Å². The number of para-hydroxylation sites is 1. The summed E-state index contributed by atoms with van der Waals surface area (Å²) >= 11 is 1.17. The predicted molar refractivity (Wildman–Crippen MR) is 76.3 cm³/mol. The summed E-state index contributed by atoms with van der Waals surface area (Å²) in [5.41, 5.74) is 6.07. The van der Waals surface area contributed by atoms with Crippen LogP contribution in [0.15, 0.2) is 53.4 Å². The number of primary amides is 1. The smallest absolute Gasteiger partial charge is 0.322 e. The van der Waals surface area contributed by atoms with E-state index in [0.717, 1.165) is 22.0 Å². The van der Waals surface area contributed by atoms with Crippen molar-refractivity contribution in [3.05, 3.63) is 54.1 Å². The number of hydrogen-bond donors (Lipinski definition) is 2. The van der Waals surface area contributed by atoms with E-state index < -0.39 is 6.03 Å². The third-order valence-electron chi connectivity index (χ3n) is 2.41. The molecule has 0 saturated heterocycles. The molecular formula is C14H14N2O2S. The predicted octanol–water partition coefficient (Wildman–Crippen LogP) is 3.46. The van der Waals surface area contributed by atoms with Crippen LogP contribution >= 0.6 is 11.9 Å². The summed E-state index contributed by atoms with van der Waals surface area (Å²) in [4.78, 5) is 11.5. The van der Waals surface area contributed by atoms with Gasteiger partial charge in [0.15, 0.2) is 0 Å². The molecule has 0 atom stereocenters. The Morgan fingerprint density at radius 2 is 1.84 bits per heavy atom. The average molecular weight is 274 g/mol. The lowest BCUT2D eigenvalue weighted by Crippen LogP contribution is -2.22. The van der Waals surface area contributed by atoms with E-state index in [-0.39, 0.29) is 0 Å². The van der Waals surface area contributed by atoms with E-state index in [9.17, 15) is 4.79 Å². The van der Waals surface area contributed by atoms with Crippen LogP contribution in [-0.2, 0) is 0 Å². The van der Waals surface area contributed by atoms with Gasteiger partial charge in [0, 0.05) is 4.90 Å². The van der Waals surface area contributed by atoms with Crippen LogP contribution in [0.3, 0.4) is 0 Å². The molecule has 5 heteroatoms. The molecule has 0 heterocycles. The van der Waals surface area contributed by atoms with Gasteiger partial charge in [0.1, 0.15) is 11.5 Å². The highest BCUT2D eigenvalue weighted by Crippen LogP contribution is 2.26. The van der Waals surface area contributed by atoms with E-state index in [0.29, 0.717) is 0 Å². The first-order valence-electron chi connectivity index (χ1n) is 5.71. The van der Waals surface area contributed by atoms with Crippen molar-refractivity contribution >= 4 is 18.0 Å². The van der Waals surface area contributed by atoms with E-state index in [2.05, 4.69) is 4.72 Å². The highest BCUT2D eigenvalue weighted by Gasteiger charge is 2.01. The Morgan fingerprint density at radius 3 is 2.47 bits per heavy atom. The summed E-state index contributed by atoms with van der Waals surface area (Å²) in [5.74, 6) is 1.58. The highest BCUT2D eigenvalue weighted by atomic mass is 32.2. The van der Waals surface area contributed by atoms with Crippen LogP contribution in [0.2, 0.25) is 0 Å². The number of benzene rings is 2. The van der Waals surface area contributed by atoms with Crippen LogP contribution in [0.4, 0.5) is 4.79 Å². The van der Waals surface area contributed by atoms with Gasteiger partial charge in [0.05, 0.1) is 0 Å². The van der Waals surface area contributed by atoms with E-state index in [1.807, 2.05) is 55.5 Å². The van der Waals surface area contributed by atoms with Gasteiger partial charge in [-0.05, 0) is 54.8 Å². The molecule has 0 aliphatic rings. The van der Waals surface area contributed by atoms with Crippen molar-refractivity contribution in [3.63, 3.8) is 0 Å². The van der Waals surface area contributed by atoms with Gasteiger partial charge in [-0.2, -0.15) is 0 Å². The minimum atomic E-state index is -0.565. The lowest BCUT2D eigenvalue weighted by molar-refractivity contribution is 0.254. The maximum atomic E-state index is 10.6. The normalized spacial score (nSPS) is 9.95. The van der Waals surface area contributed by atoms with Crippen molar-refractivity contribution < 1.29 is 9.53 Å². The lowest BCUT2D eigenvalue weighted by Gasteiger charge is -2.08. The Morgan fingerprint density at radius 1 is 1.16 bits per heavy atom. The molecular weight excluding hydrogens is 260 g/mol. The topological polar surface area (TPSA) is 64.3 Å². The number of urea groups is 1. The number of nitrogens with two attached hydrogens (primary N) is 1. The molecule has 0 fully saturated rings. The standard InChI is InChI=1S/C14H14N2O2S/c1-10-4-2-3-5-13(10)18-11-6-8-12(9-7-11)19-16-14(15)17/h2-9H,1H3,(H3,15,16,17). The van der Waals surface area contributed by atoms with Crippen molar-refractivity contribution in [3.8, 4) is 11.5 Å². The van der Waals surface area contributed by atoms with Crippen molar-refractivity contribution in [2.75, 3.05) is 0 Å². The van der Waals surface area contributed by atoms with E-state index in [1.165, 1.54) is 11.9 Å². The van der Waals surface area contributed by atoms with Crippen molar-refractivity contribution in [1.82, 2.24) is 4.72 Å². The van der Waals surface area contributed by atoms with Gasteiger partial charge in [0.25, 0.3) is 0 Å². The number of hydrogen-bond acceptors (Lipinski definition) is 3. The fraction of sp³-hybridized carbons (Fsp3) is 0.0714. The van der Waals surface area contributed by atoms with Gasteiger partial charge < -0.3 is 10.5 Å². The van der Waals surface area contributed by atoms with E-state index in [1.54, 1.807) is 0 Å². The van der Waals surface area contributed by atoms with E-state index in [4.69, 9.17) is 10.5 Å². The van der Waals surface area contributed by atoms with E-state index >= 15 is 0 Å². The summed E-state index contributed by atoms with van der Waals surface area (Å²) in [7, 11) is 0. The minimum absolute atomic E-state index is 0.565. The summed E-state index contributed by atoms with van der Waals surface area (Å²) < 4.78 is 8.22. The Hall–Kier alpha value is -2.14. The maximum absolute atomic E-state index is 10.6. The quantitative estimate of drug-likeness (QED) is 0.839. The first-order chi connectivity index (χ1) is 9.15. The van der Waals surface area contributed by atoms with Gasteiger partial charge in [-0.3, -0.25) is 4.72 Å². The fourth-order valence-corrected chi connectivity index (χ4v) is 1.97. The van der Waals surface area contributed by atoms with Crippen LogP contribution in [0, 0.1) is 6.92 Å². The number of aryl methyl sites for hydroxylation is 1. The Labute approximate surface area is 116 Å². The summed E-state index contributed by atoms with van der Waals surface area (Å²) in [6.07, 6.45) is 0. The molecule has 0 unspecified atom stereocenters. The van der Waals surface area contributed by atoms with Gasteiger partial charge in [-0.25, -0.2) is 4.79 Å². The number of amides is 2. The zero-order valence-corrected chi connectivity index (χ0v) is 11.2. The Kier molecular flexibility index (Phi) is 4.30. The summed E-state index contributed by atoms with van der Waals surface area (Å²) in [6.45, 7) is 2.00. The zero-order valence-electron chi connectivity index (χ0n) is 10.4. The molecule has 2 amide bonds. The molecule has 4 nitrogen and oxygen atoms in total. The second-order valence-electron chi connectivity index (χ2n) is 3.91. The lowest BCUT2D eigenvalue weighted by atomic mass is 10.2. The molecule has 0 radical (unpaired) electrons. The third-order valence-corrected chi connectivity index (χ3v) is 3.23. The van der Waals surface area contributed by atoms with Crippen molar-refractivity contribution in [2.24, 2.45) is 5.73 Å². The van der Waals surface area contributed by atoms with Crippen LogP contribution in [-0.4, -0.2) is 6.03 Å². The maximum Gasteiger partial charge on any atom is 0.322 e. The SMILES string of the molecule is Cc1ccccc1Oc1ccc(SNC(N)=O)cc1. The summed E-state index contributed by atoms with van der Waals surface area (Å²) in [6, 6.07) is 14.7.